The van der Waals surface area contributed by atoms with Crippen molar-refractivity contribution in [1.82, 2.24) is 0 Å². The van der Waals surface area contributed by atoms with Gasteiger partial charge in [0.05, 0.1) is 0 Å². The first kappa shape index (κ1) is 13.4. The summed E-state index contributed by atoms with van der Waals surface area (Å²) < 4.78 is 0. The number of aryl methyl sites for hydroxylation is 1. The average molecular weight is 237 g/mol. The van der Waals surface area contributed by atoms with E-state index in [4.69, 9.17) is 0 Å². The van der Waals surface area contributed by atoms with Gasteiger partial charge in [-0.25, -0.2) is 0 Å². The van der Waals surface area contributed by atoms with Crippen LogP contribution in [-0.4, -0.2) is 18.1 Å². The maximum Gasteiger partial charge on any atom is 0.0342 e. The van der Waals surface area contributed by atoms with E-state index in [1.807, 2.05) is 11.8 Å². The van der Waals surface area contributed by atoms with Gasteiger partial charge in [-0.1, -0.05) is 25.5 Å². The highest BCUT2D eigenvalue weighted by Gasteiger charge is 2.00. The number of thioether (sulfide) groups is 1. The summed E-state index contributed by atoms with van der Waals surface area (Å²) in [4.78, 5) is 0. The molecule has 16 heavy (non-hydrogen) atoms. The summed E-state index contributed by atoms with van der Waals surface area (Å²) in [7, 11) is 0. The van der Waals surface area contributed by atoms with Gasteiger partial charge in [0.15, 0.2) is 0 Å². The molecule has 1 unspecified atom stereocenters. The van der Waals surface area contributed by atoms with Gasteiger partial charge in [-0.3, -0.25) is 0 Å². The highest BCUT2D eigenvalue weighted by Crippen LogP contribution is 2.13. The van der Waals surface area contributed by atoms with Gasteiger partial charge >= 0.3 is 0 Å². The molecule has 0 aliphatic carbocycles. The largest absolute Gasteiger partial charge is 0.383 e. The molecular weight excluding hydrogens is 214 g/mol. The lowest BCUT2D eigenvalue weighted by atomic mass is 10.1. The van der Waals surface area contributed by atoms with Crippen molar-refractivity contribution in [3.8, 4) is 0 Å². The molecule has 0 amide bonds. The maximum atomic E-state index is 3.52. The fraction of sp³-hybridized carbons (Fsp3) is 0.571. The molecule has 0 fully saturated rings. The number of rotatable bonds is 7. The Morgan fingerprint density at radius 2 is 1.94 bits per heavy atom. The number of benzene rings is 1. The number of hydrogen-bond acceptors (Lipinski definition) is 2. The predicted octanol–water partition coefficient (Wildman–Crippen LogP) is 4.19. The van der Waals surface area contributed by atoms with E-state index < -0.39 is 0 Å². The Hall–Kier alpha value is -0.630. The molecule has 0 bridgehead atoms. The standard InChI is InChI=1S/C14H23NS/c1-4-5-12(2)15-14-8-6-13(7-9-14)10-11-16-3/h6-9,12,15H,4-5,10-11H2,1-3H3. The first-order chi connectivity index (χ1) is 7.76. The number of nitrogens with one attached hydrogen (secondary N) is 1. The Bertz CT molecular complexity index is 281. The minimum atomic E-state index is 0.571. The lowest BCUT2D eigenvalue weighted by Gasteiger charge is -2.14. The fourth-order valence-corrected chi connectivity index (χ4v) is 2.22. The van der Waals surface area contributed by atoms with Crippen LogP contribution in [0.25, 0.3) is 0 Å². The second-order valence-electron chi connectivity index (χ2n) is 4.27. The lowest BCUT2D eigenvalue weighted by Crippen LogP contribution is -2.14. The smallest absolute Gasteiger partial charge is 0.0342 e. The molecule has 1 aromatic carbocycles. The SMILES string of the molecule is CCCC(C)Nc1ccc(CCSC)cc1. The lowest BCUT2D eigenvalue weighted by molar-refractivity contribution is 0.690. The van der Waals surface area contributed by atoms with Gasteiger partial charge in [-0.2, -0.15) is 11.8 Å². The van der Waals surface area contributed by atoms with Crippen molar-refractivity contribution in [2.45, 2.75) is 39.2 Å². The van der Waals surface area contributed by atoms with Crippen LogP contribution in [-0.2, 0) is 6.42 Å². The van der Waals surface area contributed by atoms with Crippen molar-refractivity contribution in [3.05, 3.63) is 29.8 Å². The summed E-state index contributed by atoms with van der Waals surface area (Å²) >= 11 is 1.90. The van der Waals surface area contributed by atoms with Gasteiger partial charge in [-0.15, -0.1) is 0 Å². The van der Waals surface area contributed by atoms with Crippen LogP contribution in [0.4, 0.5) is 5.69 Å². The molecule has 1 N–H and O–H groups in total. The first-order valence-corrected chi connectivity index (χ1v) is 7.50. The molecule has 0 heterocycles. The van der Waals surface area contributed by atoms with E-state index >= 15 is 0 Å². The van der Waals surface area contributed by atoms with E-state index in [2.05, 4.69) is 49.7 Å². The molecule has 0 aliphatic heterocycles. The third-order valence-corrected chi connectivity index (χ3v) is 3.30. The van der Waals surface area contributed by atoms with Crippen LogP contribution in [0.5, 0.6) is 0 Å². The van der Waals surface area contributed by atoms with E-state index in [0.29, 0.717) is 6.04 Å². The monoisotopic (exact) mass is 237 g/mol. The van der Waals surface area contributed by atoms with Gasteiger partial charge in [0.25, 0.3) is 0 Å². The quantitative estimate of drug-likeness (QED) is 0.763. The van der Waals surface area contributed by atoms with E-state index in [1.165, 1.54) is 36.3 Å². The van der Waals surface area contributed by atoms with Gasteiger partial charge in [0, 0.05) is 11.7 Å². The summed E-state index contributed by atoms with van der Waals surface area (Å²) in [6.07, 6.45) is 5.79. The molecule has 0 radical (unpaired) electrons. The van der Waals surface area contributed by atoms with Crippen molar-refractivity contribution < 1.29 is 0 Å². The van der Waals surface area contributed by atoms with E-state index in [-0.39, 0.29) is 0 Å². The van der Waals surface area contributed by atoms with Gasteiger partial charge < -0.3 is 5.32 Å². The summed E-state index contributed by atoms with van der Waals surface area (Å²) in [6, 6.07) is 9.43. The molecule has 90 valence electrons. The van der Waals surface area contributed by atoms with Crippen LogP contribution >= 0.6 is 11.8 Å². The predicted molar refractivity (Wildman–Crippen MR) is 76.5 cm³/mol. The van der Waals surface area contributed by atoms with Crippen molar-refractivity contribution in [3.63, 3.8) is 0 Å². The Balaban J connectivity index is 2.44. The van der Waals surface area contributed by atoms with Crippen LogP contribution in [0, 0.1) is 0 Å². The molecule has 1 nitrogen and oxygen atoms in total. The van der Waals surface area contributed by atoms with Crippen LogP contribution in [0.15, 0.2) is 24.3 Å². The zero-order chi connectivity index (χ0) is 11.8. The molecule has 0 spiro atoms. The van der Waals surface area contributed by atoms with E-state index in [9.17, 15) is 0 Å². The summed E-state index contributed by atoms with van der Waals surface area (Å²) in [5, 5.41) is 3.52. The Morgan fingerprint density at radius 3 is 2.50 bits per heavy atom. The molecular formula is C14H23NS. The number of anilines is 1. The maximum absolute atomic E-state index is 3.52. The van der Waals surface area contributed by atoms with E-state index in [1.54, 1.807) is 0 Å². The third-order valence-electron chi connectivity index (χ3n) is 2.68. The minimum absolute atomic E-state index is 0.571. The molecule has 0 saturated heterocycles. The first-order valence-electron chi connectivity index (χ1n) is 6.10. The Morgan fingerprint density at radius 1 is 1.25 bits per heavy atom. The molecule has 0 aliphatic rings. The fourth-order valence-electron chi connectivity index (χ4n) is 1.78. The summed E-state index contributed by atoms with van der Waals surface area (Å²) in [6.45, 7) is 4.47. The third kappa shape index (κ3) is 4.93. The second kappa shape index (κ2) is 7.61. The minimum Gasteiger partial charge on any atom is -0.383 e. The molecule has 0 aromatic heterocycles. The normalized spacial score (nSPS) is 12.4. The highest BCUT2D eigenvalue weighted by molar-refractivity contribution is 7.98. The van der Waals surface area contributed by atoms with Crippen LogP contribution in [0.1, 0.15) is 32.3 Å². The topological polar surface area (TPSA) is 12.0 Å². The van der Waals surface area contributed by atoms with Crippen LogP contribution in [0.2, 0.25) is 0 Å². The van der Waals surface area contributed by atoms with Crippen molar-refractivity contribution in [2.24, 2.45) is 0 Å². The Kier molecular flexibility index (Phi) is 6.39. The van der Waals surface area contributed by atoms with Gasteiger partial charge in [-0.05, 0) is 49.5 Å². The van der Waals surface area contributed by atoms with Crippen molar-refractivity contribution >= 4 is 17.4 Å². The van der Waals surface area contributed by atoms with Crippen LogP contribution in [0.3, 0.4) is 0 Å². The molecule has 0 saturated carbocycles. The summed E-state index contributed by atoms with van der Waals surface area (Å²) in [5.74, 6) is 1.21. The zero-order valence-corrected chi connectivity index (χ0v) is 11.4. The zero-order valence-electron chi connectivity index (χ0n) is 10.6. The average Bonchev–Trinajstić information content (AvgIpc) is 2.28. The van der Waals surface area contributed by atoms with Crippen molar-refractivity contribution in [2.75, 3.05) is 17.3 Å². The molecule has 1 atom stereocenters. The molecule has 1 rings (SSSR count). The molecule has 2 heteroatoms. The van der Waals surface area contributed by atoms with Crippen molar-refractivity contribution in [1.29, 1.82) is 0 Å². The van der Waals surface area contributed by atoms with Gasteiger partial charge in [0.1, 0.15) is 0 Å². The van der Waals surface area contributed by atoms with Crippen LogP contribution < -0.4 is 5.32 Å². The second-order valence-corrected chi connectivity index (χ2v) is 5.26. The Labute approximate surface area is 104 Å². The van der Waals surface area contributed by atoms with Gasteiger partial charge in [0.2, 0.25) is 0 Å². The van der Waals surface area contributed by atoms with E-state index in [0.717, 1.165) is 0 Å². The number of hydrogen-bond donors (Lipinski definition) is 1. The highest BCUT2D eigenvalue weighted by atomic mass is 32.2. The molecule has 1 aromatic rings. The summed E-state index contributed by atoms with van der Waals surface area (Å²) in [5.41, 5.74) is 2.68.